The number of aromatic nitrogens is 1. The summed E-state index contributed by atoms with van der Waals surface area (Å²) in [6, 6.07) is 18.6. The molecule has 7 nitrogen and oxygen atoms in total. The van der Waals surface area contributed by atoms with E-state index in [2.05, 4.69) is 15.6 Å². The summed E-state index contributed by atoms with van der Waals surface area (Å²) in [6.45, 7) is 0.150. The van der Waals surface area contributed by atoms with E-state index < -0.39 is 0 Å². The average molecular weight is 431 g/mol. The highest BCUT2D eigenvalue weighted by atomic mass is 32.1. The van der Waals surface area contributed by atoms with Gasteiger partial charge in [0.1, 0.15) is 0 Å². The third-order valence-electron chi connectivity index (χ3n) is 4.81. The number of benzene rings is 3. The Labute approximate surface area is 181 Å². The van der Waals surface area contributed by atoms with Crippen LogP contribution in [-0.2, 0) is 11.2 Å². The van der Waals surface area contributed by atoms with Crippen LogP contribution in [0.15, 0.2) is 66.0 Å². The van der Waals surface area contributed by atoms with E-state index in [1.54, 1.807) is 23.6 Å². The van der Waals surface area contributed by atoms with E-state index in [1.807, 2.05) is 42.5 Å². The Balaban J connectivity index is 1.23. The Hall–Kier alpha value is -3.91. The lowest BCUT2D eigenvalue weighted by Crippen LogP contribution is -2.15. The van der Waals surface area contributed by atoms with Gasteiger partial charge in [0.2, 0.25) is 12.7 Å². The topological polar surface area (TPSA) is 89.6 Å². The van der Waals surface area contributed by atoms with Gasteiger partial charge >= 0.3 is 0 Å². The summed E-state index contributed by atoms with van der Waals surface area (Å²) in [5.74, 6) is 0.678. The highest BCUT2D eigenvalue weighted by Crippen LogP contribution is 2.32. The zero-order chi connectivity index (χ0) is 21.2. The molecule has 1 aliphatic heterocycles. The van der Waals surface area contributed by atoms with E-state index in [0.717, 1.165) is 16.5 Å². The molecule has 2 heterocycles. The Morgan fingerprint density at radius 3 is 2.74 bits per heavy atom. The van der Waals surface area contributed by atoms with E-state index >= 15 is 0 Å². The number of anilines is 2. The van der Waals surface area contributed by atoms with Crippen LogP contribution in [0.3, 0.4) is 0 Å². The van der Waals surface area contributed by atoms with Crippen molar-refractivity contribution < 1.29 is 19.1 Å². The van der Waals surface area contributed by atoms with E-state index in [0.29, 0.717) is 27.9 Å². The lowest BCUT2D eigenvalue weighted by molar-refractivity contribution is -0.115. The summed E-state index contributed by atoms with van der Waals surface area (Å²) in [7, 11) is 0. The van der Waals surface area contributed by atoms with Crippen molar-refractivity contribution in [1.82, 2.24) is 4.98 Å². The van der Waals surface area contributed by atoms with Crippen molar-refractivity contribution in [3.05, 3.63) is 77.3 Å². The van der Waals surface area contributed by atoms with Crippen LogP contribution in [0.1, 0.15) is 16.1 Å². The minimum absolute atomic E-state index is 0.111. The van der Waals surface area contributed by atoms with E-state index in [-0.39, 0.29) is 25.0 Å². The summed E-state index contributed by atoms with van der Waals surface area (Å²) in [5, 5.41) is 9.93. The van der Waals surface area contributed by atoms with Gasteiger partial charge in [-0.25, -0.2) is 4.98 Å². The molecule has 0 radical (unpaired) electrons. The molecular formula is C23H17N3O4S. The maximum Gasteiger partial charge on any atom is 0.257 e. The molecular weight excluding hydrogens is 414 g/mol. The normalized spacial score (nSPS) is 12.0. The maximum atomic E-state index is 12.5. The van der Waals surface area contributed by atoms with Crippen LogP contribution in [-0.4, -0.2) is 23.6 Å². The van der Waals surface area contributed by atoms with Crippen molar-refractivity contribution in [3.63, 3.8) is 0 Å². The van der Waals surface area contributed by atoms with E-state index in [9.17, 15) is 9.59 Å². The number of thiazole rings is 1. The standard InChI is InChI=1S/C23H17N3O4S/c27-21(25-18-7-3-5-14-4-1-2-6-17(14)18)11-16-12-31-23(24-16)26-22(28)15-8-9-19-20(10-15)30-13-29-19/h1-10,12H,11,13H2,(H,25,27)(H,24,26,28). The molecule has 0 saturated carbocycles. The largest absolute Gasteiger partial charge is 0.454 e. The zero-order valence-electron chi connectivity index (χ0n) is 16.3. The number of nitrogens with one attached hydrogen (secondary N) is 2. The Bertz CT molecular complexity index is 1300. The van der Waals surface area contributed by atoms with Gasteiger partial charge in [0.05, 0.1) is 12.1 Å². The van der Waals surface area contributed by atoms with E-state index in [4.69, 9.17) is 9.47 Å². The highest BCUT2D eigenvalue weighted by Gasteiger charge is 2.17. The third kappa shape index (κ3) is 4.06. The predicted molar refractivity (Wildman–Crippen MR) is 119 cm³/mol. The highest BCUT2D eigenvalue weighted by molar-refractivity contribution is 7.14. The van der Waals surface area contributed by atoms with Crippen LogP contribution < -0.4 is 20.1 Å². The molecule has 0 bridgehead atoms. The van der Waals surface area contributed by atoms with Crippen molar-refractivity contribution in [3.8, 4) is 11.5 Å². The second-order valence-electron chi connectivity index (χ2n) is 6.92. The van der Waals surface area contributed by atoms with Crippen molar-refractivity contribution in [1.29, 1.82) is 0 Å². The van der Waals surface area contributed by atoms with Gasteiger partial charge in [-0.3, -0.25) is 14.9 Å². The molecule has 0 saturated heterocycles. The first-order valence-electron chi connectivity index (χ1n) is 9.59. The predicted octanol–water partition coefficient (Wildman–Crippen LogP) is 4.46. The summed E-state index contributed by atoms with van der Waals surface area (Å²) < 4.78 is 10.6. The first kappa shape index (κ1) is 19.1. The molecule has 31 heavy (non-hydrogen) atoms. The quantitative estimate of drug-likeness (QED) is 0.487. The lowest BCUT2D eigenvalue weighted by Gasteiger charge is -2.08. The minimum atomic E-state index is -0.306. The second kappa shape index (κ2) is 8.08. The molecule has 1 aliphatic rings. The number of ether oxygens (including phenoxy) is 2. The van der Waals surface area contributed by atoms with E-state index in [1.165, 1.54) is 11.3 Å². The molecule has 0 atom stereocenters. The van der Waals surface area contributed by atoms with Crippen LogP contribution in [0.4, 0.5) is 10.8 Å². The lowest BCUT2D eigenvalue weighted by atomic mass is 10.1. The third-order valence-corrected chi connectivity index (χ3v) is 5.62. The molecule has 5 rings (SSSR count). The molecule has 3 aromatic carbocycles. The fraction of sp³-hybridized carbons (Fsp3) is 0.0870. The van der Waals surface area contributed by atoms with Gasteiger partial charge in [0.15, 0.2) is 16.6 Å². The summed E-state index contributed by atoms with van der Waals surface area (Å²) in [6.07, 6.45) is 0.111. The molecule has 8 heteroatoms. The molecule has 1 aromatic heterocycles. The van der Waals surface area contributed by atoms with Gasteiger partial charge in [0, 0.05) is 22.0 Å². The molecule has 0 unspecified atom stereocenters. The Morgan fingerprint density at radius 1 is 0.968 bits per heavy atom. The fourth-order valence-electron chi connectivity index (χ4n) is 3.35. The van der Waals surface area contributed by atoms with Crippen molar-refractivity contribution in [2.45, 2.75) is 6.42 Å². The monoisotopic (exact) mass is 431 g/mol. The first-order chi connectivity index (χ1) is 15.2. The summed E-state index contributed by atoms with van der Waals surface area (Å²) in [5.41, 5.74) is 1.79. The van der Waals surface area contributed by atoms with Gasteiger partial charge in [-0.05, 0) is 29.7 Å². The second-order valence-corrected chi connectivity index (χ2v) is 7.78. The van der Waals surface area contributed by atoms with Crippen LogP contribution in [0.25, 0.3) is 10.8 Å². The molecule has 154 valence electrons. The van der Waals surface area contributed by atoms with Crippen LogP contribution >= 0.6 is 11.3 Å². The SMILES string of the molecule is O=C(Cc1csc(NC(=O)c2ccc3c(c2)OCO3)n1)Nc1cccc2ccccc12. The van der Waals surface area contributed by atoms with Gasteiger partial charge in [-0.1, -0.05) is 36.4 Å². The molecule has 4 aromatic rings. The van der Waals surface area contributed by atoms with Crippen molar-refractivity contribution >= 4 is 44.7 Å². The van der Waals surface area contributed by atoms with Crippen LogP contribution in [0.5, 0.6) is 11.5 Å². The van der Waals surface area contributed by atoms with Crippen molar-refractivity contribution in [2.24, 2.45) is 0 Å². The van der Waals surface area contributed by atoms with Crippen LogP contribution in [0, 0.1) is 0 Å². The average Bonchev–Trinajstić information content (AvgIpc) is 3.42. The first-order valence-corrected chi connectivity index (χ1v) is 10.5. The molecule has 0 spiro atoms. The number of hydrogen-bond donors (Lipinski definition) is 2. The summed E-state index contributed by atoms with van der Waals surface area (Å²) in [4.78, 5) is 29.4. The number of amides is 2. The number of carbonyl (C=O) groups is 2. The number of nitrogens with zero attached hydrogens (tertiary/aromatic N) is 1. The van der Waals surface area contributed by atoms with Gasteiger partial charge < -0.3 is 14.8 Å². The maximum absolute atomic E-state index is 12.5. The number of rotatable bonds is 5. The summed E-state index contributed by atoms with van der Waals surface area (Å²) >= 11 is 1.27. The number of fused-ring (bicyclic) bond motifs is 2. The molecule has 2 amide bonds. The molecule has 0 aliphatic carbocycles. The Morgan fingerprint density at radius 2 is 1.81 bits per heavy atom. The Kier molecular flexibility index (Phi) is 4.97. The molecule has 0 fully saturated rings. The number of hydrogen-bond acceptors (Lipinski definition) is 6. The number of carbonyl (C=O) groups excluding carboxylic acids is 2. The van der Waals surface area contributed by atoms with Gasteiger partial charge in [-0.2, -0.15) is 0 Å². The zero-order valence-corrected chi connectivity index (χ0v) is 17.1. The smallest absolute Gasteiger partial charge is 0.257 e. The van der Waals surface area contributed by atoms with Crippen molar-refractivity contribution in [2.75, 3.05) is 17.4 Å². The van der Waals surface area contributed by atoms with Gasteiger partial charge in [0.25, 0.3) is 5.91 Å². The fourth-order valence-corrected chi connectivity index (χ4v) is 4.05. The van der Waals surface area contributed by atoms with Crippen LogP contribution in [0.2, 0.25) is 0 Å². The van der Waals surface area contributed by atoms with Gasteiger partial charge in [-0.15, -0.1) is 11.3 Å². The molecule has 2 N–H and O–H groups in total. The minimum Gasteiger partial charge on any atom is -0.454 e.